The van der Waals surface area contributed by atoms with Crippen molar-refractivity contribution in [2.75, 3.05) is 44.8 Å². The molecule has 4 rings (SSSR count). The highest BCUT2D eigenvalue weighted by Crippen LogP contribution is 2.40. The van der Waals surface area contributed by atoms with E-state index >= 15 is 0 Å². The molecule has 0 radical (unpaired) electrons. The zero-order chi connectivity index (χ0) is 22.7. The van der Waals surface area contributed by atoms with Gasteiger partial charge in [0.25, 0.3) is 0 Å². The van der Waals surface area contributed by atoms with Gasteiger partial charge in [0.2, 0.25) is 0 Å². The van der Waals surface area contributed by atoms with Crippen LogP contribution in [0.1, 0.15) is 29.2 Å². The number of thioether (sulfide) groups is 1. The number of hydrogen-bond donors (Lipinski definition) is 2. The fraction of sp³-hybridized carbons (Fsp3) is 0.409. The molecule has 170 valence electrons. The highest BCUT2D eigenvalue weighted by Gasteiger charge is 2.19. The number of benzene rings is 1. The molecule has 1 aliphatic rings. The van der Waals surface area contributed by atoms with Crippen molar-refractivity contribution < 1.29 is 9.47 Å². The van der Waals surface area contributed by atoms with Crippen molar-refractivity contribution in [3.8, 4) is 22.1 Å². The van der Waals surface area contributed by atoms with Gasteiger partial charge in [-0.2, -0.15) is 0 Å². The van der Waals surface area contributed by atoms with E-state index in [9.17, 15) is 0 Å². The molecule has 0 unspecified atom stereocenters. The van der Waals surface area contributed by atoms with Crippen LogP contribution in [0.2, 0.25) is 0 Å². The fourth-order valence-corrected chi connectivity index (χ4v) is 5.50. The lowest BCUT2D eigenvalue weighted by Crippen LogP contribution is -2.39. The molecular weight excluding hydrogens is 444 g/mol. The van der Waals surface area contributed by atoms with Gasteiger partial charge in [-0.1, -0.05) is 11.8 Å². The topological polar surface area (TPSA) is 112 Å². The predicted octanol–water partition coefficient (Wildman–Crippen LogP) is 4.02. The van der Waals surface area contributed by atoms with Crippen LogP contribution in [0.4, 0.5) is 11.6 Å². The van der Waals surface area contributed by atoms with E-state index in [2.05, 4.69) is 28.7 Å². The van der Waals surface area contributed by atoms with Crippen molar-refractivity contribution in [3.05, 3.63) is 34.8 Å². The van der Waals surface area contributed by atoms with Crippen LogP contribution in [0, 0.1) is 6.92 Å². The molecular formula is C22H28N6O2S2. The Morgan fingerprint density at radius 2 is 1.88 bits per heavy atom. The smallest absolute Gasteiger partial charge is 0.192 e. The van der Waals surface area contributed by atoms with Crippen LogP contribution in [0.15, 0.2) is 29.4 Å². The maximum Gasteiger partial charge on any atom is 0.192 e. The van der Waals surface area contributed by atoms with E-state index in [1.807, 2.05) is 18.2 Å². The Balaban J connectivity index is 1.51. The Kier molecular flexibility index (Phi) is 7.02. The number of hydrogen-bond acceptors (Lipinski definition) is 10. The molecule has 0 bridgehead atoms. The molecule has 1 atom stereocenters. The third kappa shape index (κ3) is 5.25. The molecule has 3 aromatic rings. The van der Waals surface area contributed by atoms with E-state index in [0.29, 0.717) is 23.4 Å². The molecule has 32 heavy (non-hydrogen) atoms. The predicted molar refractivity (Wildman–Crippen MR) is 131 cm³/mol. The molecule has 10 heteroatoms. The third-order valence-corrected chi connectivity index (χ3v) is 7.28. The van der Waals surface area contributed by atoms with Crippen LogP contribution in [-0.2, 0) is 0 Å². The van der Waals surface area contributed by atoms with Crippen molar-refractivity contribution in [2.45, 2.75) is 30.7 Å². The summed E-state index contributed by atoms with van der Waals surface area (Å²) in [5.41, 5.74) is 13.6. The molecule has 2 aromatic heterocycles. The molecule has 4 N–H and O–H groups in total. The average molecular weight is 473 g/mol. The van der Waals surface area contributed by atoms with Gasteiger partial charge in [0.15, 0.2) is 16.7 Å². The van der Waals surface area contributed by atoms with Crippen LogP contribution in [0.25, 0.3) is 10.6 Å². The Hall–Kier alpha value is -2.56. The van der Waals surface area contributed by atoms with E-state index in [0.717, 1.165) is 52.3 Å². The Labute approximate surface area is 196 Å². The number of aryl methyl sites for hydroxylation is 1. The summed E-state index contributed by atoms with van der Waals surface area (Å²) < 4.78 is 11.5. The summed E-state index contributed by atoms with van der Waals surface area (Å²) in [6, 6.07) is 7.51. The molecule has 0 saturated carbocycles. The standard InChI is InChI=1S/C22H28N6O2S2/c1-13-20(14(2)32-22-25-18(23)12-19(24)26-22)27-21(31-13)15-5-6-16(29-3)17(11-15)30-10-9-28-7-4-8-28/h5-6,11-12,14H,4,7-10H2,1-3H3,(H4,23,24,25,26)/t14-/m1/s1. The number of anilines is 2. The number of thiazole rings is 1. The van der Waals surface area contributed by atoms with Crippen molar-refractivity contribution in [1.29, 1.82) is 0 Å². The molecule has 1 fully saturated rings. The average Bonchev–Trinajstić information content (AvgIpc) is 3.10. The molecule has 1 aromatic carbocycles. The lowest BCUT2D eigenvalue weighted by Gasteiger charge is -2.30. The van der Waals surface area contributed by atoms with Gasteiger partial charge < -0.3 is 20.9 Å². The number of nitrogens with zero attached hydrogens (tertiary/aromatic N) is 4. The minimum atomic E-state index is 0.0479. The van der Waals surface area contributed by atoms with Gasteiger partial charge in [0.1, 0.15) is 23.3 Å². The van der Waals surface area contributed by atoms with Crippen molar-refractivity contribution >= 4 is 34.7 Å². The highest BCUT2D eigenvalue weighted by molar-refractivity contribution is 7.99. The van der Waals surface area contributed by atoms with Gasteiger partial charge in [-0.15, -0.1) is 11.3 Å². The first-order chi connectivity index (χ1) is 15.4. The zero-order valence-electron chi connectivity index (χ0n) is 18.5. The van der Waals surface area contributed by atoms with Crippen LogP contribution >= 0.6 is 23.1 Å². The minimum absolute atomic E-state index is 0.0479. The molecule has 8 nitrogen and oxygen atoms in total. The van der Waals surface area contributed by atoms with Crippen molar-refractivity contribution in [2.24, 2.45) is 0 Å². The number of nitrogen functional groups attached to an aromatic ring is 2. The number of nitrogens with two attached hydrogens (primary N) is 2. The second-order valence-electron chi connectivity index (χ2n) is 7.63. The number of aromatic nitrogens is 3. The molecule has 0 spiro atoms. The second kappa shape index (κ2) is 9.93. The number of methoxy groups -OCH3 is 1. The first kappa shape index (κ1) is 22.6. The Morgan fingerprint density at radius 3 is 2.53 bits per heavy atom. The lowest BCUT2D eigenvalue weighted by atomic mass is 10.2. The molecule has 3 heterocycles. The van der Waals surface area contributed by atoms with Crippen LogP contribution < -0.4 is 20.9 Å². The monoisotopic (exact) mass is 472 g/mol. The number of rotatable bonds is 9. The summed E-state index contributed by atoms with van der Waals surface area (Å²) in [4.78, 5) is 17.0. The minimum Gasteiger partial charge on any atom is -0.493 e. The molecule has 1 aliphatic heterocycles. The van der Waals surface area contributed by atoms with Crippen LogP contribution in [0.3, 0.4) is 0 Å². The van der Waals surface area contributed by atoms with Crippen molar-refractivity contribution in [3.63, 3.8) is 0 Å². The molecule has 0 aliphatic carbocycles. The fourth-order valence-electron chi connectivity index (χ4n) is 3.45. The summed E-state index contributed by atoms with van der Waals surface area (Å²) in [5.74, 6) is 2.20. The van der Waals surface area contributed by atoms with E-state index in [1.54, 1.807) is 24.5 Å². The van der Waals surface area contributed by atoms with Gasteiger partial charge in [0.05, 0.1) is 18.1 Å². The number of likely N-dealkylation sites (tertiary alicyclic amines) is 1. The van der Waals surface area contributed by atoms with Crippen LogP contribution in [0.5, 0.6) is 11.5 Å². The normalized spacial score (nSPS) is 14.7. The summed E-state index contributed by atoms with van der Waals surface area (Å²) >= 11 is 3.15. The van der Waals surface area contributed by atoms with E-state index in [4.69, 9.17) is 25.9 Å². The second-order valence-corrected chi connectivity index (χ2v) is 10.1. The lowest BCUT2D eigenvalue weighted by molar-refractivity contribution is 0.145. The Morgan fingerprint density at radius 1 is 1.12 bits per heavy atom. The maximum absolute atomic E-state index is 6.05. The number of ether oxygens (including phenoxy) is 2. The third-order valence-electron chi connectivity index (χ3n) is 5.27. The SMILES string of the molecule is COc1ccc(-c2nc([C@@H](C)Sc3nc(N)cc(N)n3)c(C)s2)cc1OCCN1CCC1. The van der Waals surface area contributed by atoms with Crippen molar-refractivity contribution in [1.82, 2.24) is 19.9 Å². The first-order valence-electron chi connectivity index (χ1n) is 10.5. The maximum atomic E-state index is 6.05. The first-order valence-corrected chi connectivity index (χ1v) is 12.2. The van der Waals surface area contributed by atoms with E-state index in [-0.39, 0.29) is 5.25 Å². The van der Waals surface area contributed by atoms with Gasteiger partial charge in [-0.25, -0.2) is 15.0 Å². The van der Waals surface area contributed by atoms with Gasteiger partial charge >= 0.3 is 0 Å². The summed E-state index contributed by atoms with van der Waals surface area (Å²) in [5, 5.41) is 1.53. The zero-order valence-corrected chi connectivity index (χ0v) is 20.1. The largest absolute Gasteiger partial charge is 0.493 e. The summed E-state index contributed by atoms with van der Waals surface area (Å²) in [6.45, 7) is 8.04. The van der Waals surface area contributed by atoms with Gasteiger partial charge in [0, 0.05) is 23.1 Å². The van der Waals surface area contributed by atoms with Gasteiger partial charge in [-0.3, -0.25) is 4.90 Å². The van der Waals surface area contributed by atoms with Crippen LogP contribution in [-0.4, -0.2) is 53.2 Å². The van der Waals surface area contributed by atoms with E-state index in [1.165, 1.54) is 18.2 Å². The molecule has 1 saturated heterocycles. The highest BCUT2D eigenvalue weighted by atomic mass is 32.2. The summed E-state index contributed by atoms with van der Waals surface area (Å²) in [6.07, 6.45) is 1.28. The quantitative estimate of drug-likeness (QED) is 0.352. The Bertz CT molecular complexity index is 1070. The van der Waals surface area contributed by atoms with Gasteiger partial charge in [-0.05, 0) is 51.6 Å². The molecule has 0 amide bonds. The van der Waals surface area contributed by atoms with E-state index < -0.39 is 0 Å². The summed E-state index contributed by atoms with van der Waals surface area (Å²) in [7, 11) is 1.66.